The summed E-state index contributed by atoms with van der Waals surface area (Å²) in [7, 11) is 0. The molecule has 3 rings (SSSR count). The van der Waals surface area contributed by atoms with Crippen LogP contribution in [0.2, 0.25) is 0 Å². The number of nitrogens with one attached hydrogen (secondary N) is 1. The van der Waals surface area contributed by atoms with Crippen molar-refractivity contribution < 1.29 is 4.79 Å². The SMILES string of the molecule is C=NN(/N=C\C)c1sc2[nH]c(=O)n(C3CCN(C(C)C)C3=O)c(=O)c2c1C. The molecule has 0 bridgehead atoms. The van der Waals surface area contributed by atoms with Crippen molar-refractivity contribution in [3.05, 3.63) is 26.4 Å². The van der Waals surface area contributed by atoms with Crippen LogP contribution in [0.25, 0.3) is 10.2 Å². The molecular weight excluding hydrogens is 368 g/mol. The standard InChI is InChI=1S/C17H22N6O3S/c1-6-19-23(18-5)16-10(4)12-13(27-16)20-17(26)22(15(12)25)11-7-8-21(9(2)3)14(11)24/h6,9,11H,5,7-8H2,1-4H3,(H,20,26)/b19-6-. The molecule has 0 spiro atoms. The lowest BCUT2D eigenvalue weighted by Crippen LogP contribution is -2.42. The normalized spacial score (nSPS) is 17.6. The van der Waals surface area contributed by atoms with Crippen molar-refractivity contribution in [1.29, 1.82) is 0 Å². The number of thiophene rings is 1. The minimum atomic E-state index is -0.780. The number of nitrogens with zero attached hydrogens (tertiary/aromatic N) is 5. The molecule has 1 N–H and O–H groups in total. The van der Waals surface area contributed by atoms with Crippen LogP contribution in [0.5, 0.6) is 0 Å². The number of carbonyl (C=O) groups is 1. The molecule has 9 nitrogen and oxygen atoms in total. The highest BCUT2D eigenvalue weighted by Gasteiger charge is 2.36. The van der Waals surface area contributed by atoms with Crippen LogP contribution in [0.4, 0.5) is 5.00 Å². The van der Waals surface area contributed by atoms with Gasteiger partial charge in [0.1, 0.15) is 15.9 Å². The Balaban J connectivity index is 2.19. The molecule has 1 fully saturated rings. The third kappa shape index (κ3) is 2.99. The van der Waals surface area contributed by atoms with Gasteiger partial charge in [-0.25, -0.2) is 9.36 Å². The maximum Gasteiger partial charge on any atom is 0.330 e. The van der Waals surface area contributed by atoms with Gasteiger partial charge < -0.3 is 4.90 Å². The molecule has 0 saturated carbocycles. The molecule has 0 aliphatic carbocycles. The Labute approximate surface area is 159 Å². The Kier molecular flexibility index (Phi) is 5.01. The Morgan fingerprint density at radius 2 is 2.07 bits per heavy atom. The summed E-state index contributed by atoms with van der Waals surface area (Å²) in [6.45, 7) is 11.3. The molecule has 1 aliphatic rings. The molecule has 1 atom stereocenters. The highest BCUT2D eigenvalue weighted by molar-refractivity contribution is 7.22. The number of aryl methyl sites for hydroxylation is 1. The second-order valence-corrected chi connectivity index (χ2v) is 7.58. The summed E-state index contributed by atoms with van der Waals surface area (Å²) < 4.78 is 1.05. The van der Waals surface area contributed by atoms with E-state index in [0.717, 1.165) is 4.57 Å². The van der Waals surface area contributed by atoms with Crippen LogP contribution in [0, 0.1) is 6.92 Å². The summed E-state index contributed by atoms with van der Waals surface area (Å²) >= 11 is 1.20. The smallest absolute Gasteiger partial charge is 0.330 e. The average Bonchev–Trinajstić information content (AvgIpc) is 3.14. The minimum absolute atomic E-state index is 0.0228. The summed E-state index contributed by atoms with van der Waals surface area (Å²) in [5.74, 6) is -0.199. The summed E-state index contributed by atoms with van der Waals surface area (Å²) in [6, 6.07) is -0.757. The number of rotatable bonds is 5. The first-order valence-corrected chi connectivity index (χ1v) is 9.47. The number of aromatic amines is 1. The van der Waals surface area contributed by atoms with Gasteiger partial charge in [0.25, 0.3) is 5.56 Å². The second kappa shape index (κ2) is 7.10. The number of hydrogen-bond acceptors (Lipinski definition) is 7. The molecule has 27 heavy (non-hydrogen) atoms. The summed E-state index contributed by atoms with van der Waals surface area (Å²) in [5, 5.41) is 10.2. The molecular formula is C17H22N6O3S. The zero-order valence-electron chi connectivity index (χ0n) is 15.7. The van der Waals surface area contributed by atoms with Crippen molar-refractivity contribution in [2.45, 2.75) is 46.2 Å². The van der Waals surface area contributed by atoms with E-state index in [4.69, 9.17) is 0 Å². The fourth-order valence-electron chi connectivity index (χ4n) is 3.39. The van der Waals surface area contributed by atoms with Crippen LogP contribution < -0.4 is 16.4 Å². The zero-order chi connectivity index (χ0) is 19.9. The van der Waals surface area contributed by atoms with Crippen molar-refractivity contribution in [3.63, 3.8) is 0 Å². The van der Waals surface area contributed by atoms with E-state index in [-0.39, 0.29) is 11.9 Å². The van der Waals surface area contributed by atoms with E-state index in [1.165, 1.54) is 16.5 Å². The first-order chi connectivity index (χ1) is 12.8. The summed E-state index contributed by atoms with van der Waals surface area (Å²) in [6.07, 6.45) is 1.99. The van der Waals surface area contributed by atoms with Gasteiger partial charge in [0, 0.05) is 31.1 Å². The molecule has 0 aromatic carbocycles. The maximum absolute atomic E-state index is 13.1. The molecule has 2 aromatic rings. The van der Waals surface area contributed by atoms with Crippen LogP contribution in [-0.2, 0) is 4.79 Å². The van der Waals surface area contributed by atoms with Crippen molar-refractivity contribution >= 4 is 45.4 Å². The van der Waals surface area contributed by atoms with Gasteiger partial charge in [0.05, 0.1) is 5.39 Å². The Morgan fingerprint density at radius 3 is 2.63 bits per heavy atom. The van der Waals surface area contributed by atoms with Gasteiger partial charge in [-0.15, -0.1) is 5.12 Å². The predicted molar refractivity (Wildman–Crippen MR) is 108 cm³/mol. The molecule has 2 aromatic heterocycles. The second-order valence-electron chi connectivity index (χ2n) is 6.58. The van der Waals surface area contributed by atoms with E-state index >= 15 is 0 Å². The fourth-order valence-corrected chi connectivity index (χ4v) is 4.51. The Morgan fingerprint density at radius 1 is 1.37 bits per heavy atom. The first kappa shape index (κ1) is 19.0. The van der Waals surface area contributed by atoms with Crippen LogP contribution in [-0.4, -0.2) is 45.9 Å². The molecule has 1 aliphatic heterocycles. The van der Waals surface area contributed by atoms with Crippen LogP contribution >= 0.6 is 11.3 Å². The zero-order valence-corrected chi connectivity index (χ0v) is 16.5. The molecule has 3 heterocycles. The summed E-state index contributed by atoms with van der Waals surface area (Å²) in [4.78, 5) is 43.3. The lowest BCUT2D eigenvalue weighted by atomic mass is 10.2. The number of anilines is 1. The molecule has 1 unspecified atom stereocenters. The molecule has 144 valence electrons. The fraction of sp³-hybridized carbons (Fsp3) is 0.471. The first-order valence-electron chi connectivity index (χ1n) is 8.65. The number of amides is 1. The van der Waals surface area contributed by atoms with Gasteiger partial charge in [-0.2, -0.15) is 10.2 Å². The number of likely N-dealkylation sites (tertiary alicyclic amines) is 1. The van der Waals surface area contributed by atoms with Crippen LogP contribution in [0.3, 0.4) is 0 Å². The van der Waals surface area contributed by atoms with Crippen molar-refractivity contribution in [2.75, 3.05) is 11.7 Å². The Bertz CT molecular complexity index is 1050. The number of hydrogen-bond donors (Lipinski definition) is 1. The maximum atomic E-state index is 13.1. The van der Waals surface area contributed by atoms with Gasteiger partial charge in [-0.1, -0.05) is 11.3 Å². The van der Waals surface area contributed by atoms with Crippen LogP contribution in [0.1, 0.15) is 38.8 Å². The molecule has 1 amide bonds. The quantitative estimate of drug-likeness (QED) is 0.619. The van der Waals surface area contributed by atoms with E-state index in [9.17, 15) is 14.4 Å². The number of aromatic nitrogens is 2. The lowest BCUT2D eigenvalue weighted by molar-refractivity contribution is -0.131. The van der Waals surface area contributed by atoms with E-state index < -0.39 is 17.3 Å². The summed E-state index contributed by atoms with van der Waals surface area (Å²) in [5.41, 5.74) is -0.419. The van der Waals surface area contributed by atoms with Crippen molar-refractivity contribution in [3.8, 4) is 0 Å². The number of fused-ring (bicyclic) bond motifs is 1. The highest BCUT2D eigenvalue weighted by Crippen LogP contribution is 2.35. The lowest BCUT2D eigenvalue weighted by Gasteiger charge is -2.21. The molecule has 0 radical (unpaired) electrons. The minimum Gasteiger partial charge on any atom is -0.338 e. The Hall–Kier alpha value is -2.75. The predicted octanol–water partition coefficient (Wildman–Crippen LogP) is 1.67. The van der Waals surface area contributed by atoms with Gasteiger partial charge in [-0.05, 0) is 34.1 Å². The molecule has 1 saturated heterocycles. The van der Waals surface area contributed by atoms with E-state index in [0.29, 0.717) is 33.7 Å². The average molecular weight is 390 g/mol. The largest absolute Gasteiger partial charge is 0.338 e. The third-order valence-electron chi connectivity index (χ3n) is 4.68. The number of carbonyl (C=O) groups excluding carboxylic acids is 1. The topological polar surface area (TPSA) is 103 Å². The van der Waals surface area contributed by atoms with Gasteiger partial charge in [-0.3, -0.25) is 14.6 Å². The van der Waals surface area contributed by atoms with Crippen molar-refractivity contribution in [2.24, 2.45) is 10.2 Å². The van der Waals surface area contributed by atoms with Gasteiger partial charge in [0.2, 0.25) is 5.91 Å². The van der Waals surface area contributed by atoms with E-state index in [2.05, 4.69) is 21.9 Å². The van der Waals surface area contributed by atoms with Gasteiger partial charge >= 0.3 is 5.69 Å². The number of hydrazone groups is 2. The monoisotopic (exact) mass is 390 g/mol. The van der Waals surface area contributed by atoms with E-state index in [1.807, 2.05) is 13.8 Å². The van der Waals surface area contributed by atoms with Crippen molar-refractivity contribution in [1.82, 2.24) is 14.5 Å². The number of H-pyrrole nitrogens is 1. The highest BCUT2D eigenvalue weighted by atomic mass is 32.1. The van der Waals surface area contributed by atoms with Gasteiger partial charge in [0.15, 0.2) is 0 Å². The third-order valence-corrected chi connectivity index (χ3v) is 5.85. The van der Waals surface area contributed by atoms with Crippen LogP contribution in [0.15, 0.2) is 19.8 Å². The molecule has 10 heteroatoms. The van der Waals surface area contributed by atoms with E-state index in [1.54, 1.807) is 25.0 Å².